The molecule has 0 atom stereocenters. The molecule has 0 fully saturated rings. The molecule has 7 heteroatoms. The number of aromatic nitrogens is 5. The summed E-state index contributed by atoms with van der Waals surface area (Å²) >= 11 is 0. The number of ether oxygens (including phenoxy) is 1. The van der Waals surface area contributed by atoms with Gasteiger partial charge in [0, 0.05) is 24.0 Å². The van der Waals surface area contributed by atoms with Crippen molar-refractivity contribution in [1.82, 2.24) is 25.0 Å². The van der Waals surface area contributed by atoms with Crippen LogP contribution < -0.4 is 10.4 Å². The van der Waals surface area contributed by atoms with E-state index >= 15 is 0 Å². The van der Waals surface area contributed by atoms with Gasteiger partial charge >= 0.3 is 5.69 Å². The predicted octanol–water partition coefficient (Wildman–Crippen LogP) is 0.959. The van der Waals surface area contributed by atoms with Crippen molar-refractivity contribution in [3.8, 4) is 22.8 Å². The fraction of sp³-hybridized carbons (Fsp3) is 0.0833. The number of benzene rings is 1. The number of hydrogen-bond donors (Lipinski definition) is 2. The molecule has 0 aliphatic rings. The lowest BCUT2D eigenvalue weighted by molar-refractivity contribution is 0.414. The highest BCUT2D eigenvalue weighted by Crippen LogP contribution is 2.26. The van der Waals surface area contributed by atoms with E-state index in [2.05, 4.69) is 20.3 Å². The third-order valence-electron chi connectivity index (χ3n) is 2.71. The van der Waals surface area contributed by atoms with Gasteiger partial charge < -0.3 is 4.74 Å². The van der Waals surface area contributed by atoms with E-state index in [1.807, 2.05) is 24.4 Å². The molecule has 2 aromatic heterocycles. The lowest BCUT2D eigenvalue weighted by atomic mass is 10.1. The highest BCUT2D eigenvalue weighted by molar-refractivity contribution is 5.68. The van der Waals surface area contributed by atoms with Crippen molar-refractivity contribution >= 4 is 0 Å². The van der Waals surface area contributed by atoms with E-state index in [4.69, 9.17) is 4.74 Å². The van der Waals surface area contributed by atoms with E-state index in [0.717, 1.165) is 11.3 Å². The van der Waals surface area contributed by atoms with Crippen LogP contribution in [0.5, 0.6) is 5.75 Å². The largest absolute Gasteiger partial charge is 0.497 e. The minimum atomic E-state index is -0.350. The minimum Gasteiger partial charge on any atom is -0.497 e. The first-order valence-electron chi connectivity index (χ1n) is 5.61. The van der Waals surface area contributed by atoms with Crippen molar-refractivity contribution in [2.24, 2.45) is 0 Å². The second-order valence-corrected chi connectivity index (χ2v) is 3.86. The van der Waals surface area contributed by atoms with Crippen molar-refractivity contribution < 1.29 is 4.74 Å². The standard InChI is InChI=1S/C12H11N5O2/c1-19-8-3-4-9(11-14-12(18)16-15-11)10(7-8)17-6-2-5-13-17/h2-7H,1H3,(H2,14,15,16,18). The molecule has 1 aromatic carbocycles. The van der Waals surface area contributed by atoms with E-state index < -0.39 is 0 Å². The molecule has 0 amide bonds. The maximum absolute atomic E-state index is 11.2. The first-order valence-corrected chi connectivity index (χ1v) is 5.61. The van der Waals surface area contributed by atoms with E-state index in [1.54, 1.807) is 24.1 Å². The second kappa shape index (κ2) is 4.45. The Bertz CT molecular complexity index is 742. The van der Waals surface area contributed by atoms with Gasteiger partial charge in [-0.3, -0.25) is 4.98 Å². The zero-order valence-electron chi connectivity index (χ0n) is 10.1. The van der Waals surface area contributed by atoms with Crippen molar-refractivity contribution in [2.75, 3.05) is 7.11 Å². The second-order valence-electron chi connectivity index (χ2n) is 3.86. The summed E-state index contributed by atoms with van der Waals surface area (Å²) in [5, 5.41) is 10.5. The first kappa shape index (κ1) is 11.3. The van der Waals surface area contributed by atoms with Crippen LogP contribution in [0.4, 0.5) is 0 Å². The third kappa shape index (κ3) is 2.01. The van der Waals surface area contributed by atoms with Crippen LogP contribution >= 0.6 is 0 Å². The molecular formula is C12H11N5O2. The molecule has 2 heterocycles. The fourth-order valence-electron chi connectivity index (χ4n) is 1.84. The van der Waals surface area contributed by atoms with Gasteiger partial charge in [0.1, 0.15) is 5.75 Å². The maximum Gasteiger partial charge on any atom is 0.340 e. The highest BCUT2D eigenvalue weighted by Gasteiger charge is 2.12. The van der Waals surface area contributed by atoms with Crippen LogP contribution in [0.1, 0.15) is 0 Å². The Kier molecular flexibility index (Phi) is 2.64. The van der Waals surface area contributed by atoms with Crippen molar-refractivity contribution in [1.29, 1.82) is 0 Å². The molecule has 0 unspecified atom stereocenters. The summed E-state index contributed by atoms with van der Waals surface area (Å²) in [7, 11) is 1.60. The van der Waals surface area contributed by atoms with E-state index in [-0.39, 0.29) is 5.69 Å². The van der Waals surface area contributed by atoms with Gasteiger partial charge in [0.05, 0.1) is 12.8 Å². The molecule has 19 heavy (non-hydrogen) atoms. The third-order valence-corrected chi connectivity index (χ3v) is 2.71. The van der Waals surface area contributed by atoms with Crippen molar-refractivity contribution in [3.63, 3.8) is 0 Å². The van der Waals surface area contributed by atoms with Gasteiger partial charge in [-0.1, -0.05) is 0 Å². The summed E-state index contributed by atoms with van der Waals surface area (Å²) in [6.45, 7) is 0. The van der Waals surface area contributed by atoms with Gasteiger partial charge in [-0.05, 0) is 18.2 Å². The Labute approximate surface area is 107 Å². The van der Waals surface area contributed by atoms with Gasteiger partial charge in [0.25, 0.3) is 0 Å². The molecule has 0 bridgehead atoms. The Hall–Kier alpha value is -2.83. The van der Waals surface area contributed by atoms with Gasteiger partial charge in [0.2, 0.25) is 0 Å². The van der Waals surface area contributed by atoms with Crippen molar-refractivity contribution in [3.05, 3.63) is 47.1 Å². The van der Waals surface area contributed by atoms with Gasteiger partial charge in [-0.25, -0.2) is 14.6 Å². The van der Waals surface area contributed by atoms with E-state index in [0.29, 0.717) is 11.6 Å². The number of aromatic amines is 2. The van der Waals surface area contributed by atoms with Gasteiger partial charge in [0.15, 0.2) is 5.82 Å². The van der Waals surface area contributed by atoms with Crippen LogP contribution in [0.2, 0.25) is 0 Å². The molecule has 0 saturated carbocycles. The lowest BCUT2D eigenvalue weighted by Gasteiger charge is -2.09. The smallest absolute Gasteiger partial charge is 0.340 e. The van der Waals surface area contributed by atoms with Crippen LogP contribution in [0.25, 0.3) is 17.1 Å². The number of methoxy groups -OCH3 is 1. The number of rotatable bonds is 3. The summed E-state index contributed by atoms with van der Waals surface area (Å²) in [5.41, 5.74) is 1.17. The number of nitrogens with zero attached hydrogens (tertiary/aromatic N) is 3. The number of H-pyrrole nitrogens is 2. The summed E-state index contributed by atoms with van der Waals surface area (Å²) in [6, 6.07) is 7.27. The predicted molar refractivity (Wildman–Crippen MR) is 68.3 cm³/mol. The Morgan fingerprint density at radius 1 is 1.37 bits per heavy atom. The summed E-state index contributed by atoms with van der Waals surface area (Å²) in [4.78, 5) is 13.8. The normalized spacial score (nSPS) is 10.6. The molecule has 96 valence electrons. The minimum absolute atomic E-state index is 0.350. The molecule has 3 aromatic rings. The zero-order chi connectivity index (χ0) is 13.2. The SMILES string of the molecule is COc1ccc(-c2n[nH]c(=O)[nH]2)c(-n2cccn2)c1. The van der Waals surface area contributed by atoms with Crippen LogP contribution in [0, 0.1) is 0 Å². The number of hydrogen-bond acceptors (Lipinski definition) is 4. The van der Waals surface area contributed by atoms with E-state index in [9.17, 15) is 4.79 Å². The Balaban J connectivity index is 2.21. The summed E-state index contributed by atoms with van der Waals surface area (Å²) in [6.07, 6.45) is 3.49. The fourth-order valence-corrected chi connectivity index (χ4v) is 1.84. The molecule has 0 spiro atoms. The molecule has 0 saturated heterocycles. The van der Waals surface area contributed by atoms with Crippen LogP contribution in [0.3, 0.4) is 0 Å². The summed E-state index contributed by atoms with van der Waals surface area (Å²) < 4.78 is 6.89. The summed E-state index contributed by atoms with van der Waals surface area (Å²) in [5.74, 6) is 1.16. The van der Waals surface area contributed by atoms with Gasteiger partial charge in [-0.2, -0.15) is 10.2 Å². The molecule has 0 radical (unpaired) electrons. The molecule has 7 nitrogen and oxygen atoms in total. The molecule has 0 aliphatic heterocycles. The first-order chi connectivity index (χ1) is 9.28. The van der Waals surface area contributed by atoms with Crippen LogP contribution in [-0.2, 0) is 0 Å². The number of nitrogens with one attached hydrogen (secondary N) is 2. The molecule has 0 aliphatic carbocycles. The van der Waals surface area contributed by atoms with E-state index in [1.165, 1.54) is 0 Å². The maximum atomic E-state index is 11.2. The quantitative estimate of drug-likeness (QED) is 0.731. The average molecular weight is 257 g/mol. The van der Waals surface area contributed by atoms with Gasteiger partial charge in [-0.15, -0.1) is 0 Å². The van der Waals surface area contributed by atoms with Crippen molar-refractivity contribution in [2.45, 2.75) is 0 Å². The lowest BCUT2D eigenvalue weighted by Crippen LogP contribution is -2.02. The zero-order valence-corrected chi connectivity index (χ0v) is 10.1. The monoisotopic (exact) mass is 257 g/mol. The Morgan fingerprint density at radius 3 is 2.89 bits per heavy atom. The molecular weight excluding hydrogens is 246 g/mol. The topological polar surface area (TPSA) is 88.6 Å². The molecule has 2 N–H and O–H groups in total. The van der Waals surface area contributed by atoms with Crippen LogP contribution in [0.15, 0.2) is 41.5 Å². The van der Waals surface area contributed by atoms with Crippen LogP contribution in [-0.4, -0.2) is 32.1 Å². The highest BCUT2D eigenvalue weighted by atomic mass is 16.5. The molecule has 3 rings (SSSR count). The average Bonchev–Trinajstić information content (AvgIpc) is 3.09. The Morgan fingerprint density at radius 2 is 2.26 bits per heavy atom.